The van der Waals surface area contributed by atoms with E-state index in [0.717, 1.165) is 5.56 Å². The summed E-state index contributed by atoms with van der Waals surface area (Å²) in [5.74, 6) is 0.510. The van der Waals surface area contributed by atoms with Crippen molar-refractivity contribution in [3.05, 3.63) is 46.3 Å². The van der Waals surface area contributed by atoms with Crippen LogP contribution in [-0.4, -0.2) is 59.4 Å². The first-order valence-electron chi connectivity index (χ1n) is 9.57. The summed E-state index contributed by atoms with van der Waals surface area (Å²) >= 11 is 1.26. The lowest BCUT2D eigenvalue weighted by atomic mass is 10.1. The maximum absolute atomic E-state index is 11.8. The summed E-state index contributed by atoms with van der Waals surface area (Å²) < 4.78 is 29.1. The number of hydrogen-bond acceptors (Lipinski definition) is 12. The van der Waals surface area contributed by atoms with Crippen LogP contribution in [-0.2, 0) is 24.1 Å². The highest BCUT2D eigenvalue weighted by atomic mass is 32.2. The molecule has 0 amide bonds. The molecule has 5 unspecified atom stereocenters. The molecule has 0 saturated carbocycles. The average molecular weight is 496 g/mol. The van der Waals surface area contributed by atoms with Gasteiger partial charge in [-0.1, -0.05) is 23.9 Å². The van der Waals surface area contributed by atoms with E-state index in [-0.39, 0.29) is 18.1 Å². The van der Waals surface area contributed by atoms with Crippen molar-refractivity contribution in [2.24, 2.45) is 0 Å². The van der Waals surface area contributed by atoms with Crippen LogP contribution in [0.15, 0.2) is 35.7 Å². The lowest BCUT2D eigenvalue weighted by Crippen LogP contribution is -2.39. The summed E-state index contributed by atoms with van der Waals surface area (Å²) in [5, 5.41) is 22.1. The molecule has 0 aliphatic carbocycles. The van der Waals surface area contributed by atoms with Gasteiger partial charge in [-0.25, -0.2) is 19.5 Å². The molecule has 16 heteroatoms. The third-order valence-corrected chi connectivity index (χ3v) is 7.22. The first kappa shape index (κ1) is 22.2. The van der Waals surface area contributed by atoms with Crippen molar-refractivity contribution in [1.29, 1.82) is 0 Å². The van der Waals surface area contributed by atoms with Crippen LogP contribution in [0.4, 0.5) is 11.5 Å². The number of rotatable bonds is 5. The molecule has 2 aliphatic rings. The van der Waals surface area contributed by atoms with Gasteiger partial charge >= 0.3 is 7.82 Å². The van der Waals surface area contributed by atoms with E-state index in [4.69, 9.17) is 19.5 Å². The Kier molecular flexibility index (Phi) is 5.56. The molecule has 5 rings (SSSR count). The van der Waals surface area contributed by atoms with E-state index in [0.29, 0.717) is 22.1 Å². The van der Waals surface area contributed by atoms with Crippen LogP contribution >= 0.6 is 19.6 Å². The van der Waals surface area contributed by atoms with E-state index >= 15 is 0 Å². The molecule has 0 radical (unpaired) electrons. The first-order valence-corrected chi connectivity index (χ1v) is 12.1. The SMILES string of the molecule is Nc1ncnc2c1nc(SCc1ccc([N+](=O)[O-])cc1)n2C1OC2COP(=O)(O)OC2C1O. The topological polar surface area (TPSA) is 198 Å². The molecular weight excluding hydrogens is 479 g/mol. The van der Waals surface area contributed by atoms with Crippen LogP contribution in [0.2, 0.25) is 0 Å². The number of benzene rings is 1. The monoisotopic (exact) mass is 496 g/mol. The van der Waals surface area contributed by atoms with E-state index in [1.165, 1.54) is 34.8 Å². The van der Waals surface area contributed by atoms with Crippen LogP contribution in [0.1, 0.15) is 11.8 Å². The van der Waals surface area contributed by atoms with Crippen molar-refractivity contribution >= 4 is 42.3 Å². The van der Waals surface area contributed by atoms with Crippen molar-refractivity contribution < 1.29 is 33.3 Å². The lowest BCUT2D eigenvalue weighted by molar-refractivity contribution is -0.384. The Morgan fingerprint density at radius 2 is 2.09 bits per heavy atom. The molecule has 1 aromatic carbocycles. The number of non-ortho nitro benzene ring substituents is 1. The number of nitro groups is 1. The summed E-state index contributed by atoms with van der Waals surface area (Å²) in [6.07, 6.45) is -3.02. The summed E-state index contributed by atoms with van der Waals surface area (Å²) in [7, 11) is -4.29. The maximum Gasteiger partial charge on any atom is 0.472 e. The Balaban J connectivity index is 1.48. The molecule has 4 heterocycles. The number of hydrogen-bond donors (Lipinski definition) is 3. The molecule has 2 aliphatic heterocycles. The molecule has 0 spiro atoms. The molecule has 0 bridgehead atoms. The molecule has 5 atom stereocenters. The Labute approximate surface area is 189 Å². The number of ether oxygens (including phenoxy) is 1. The van der Waals surface area contributed by atoms with Gasteiger partial charge < -0.3 is 20.5 Å². The van der Waals surface area contributed by atoms with E-state index in [1.807, 2.05) is 0 Å². The molecule has 14 nitrogen and oxygen atoms in total. The van der Waals surface area contributed by atoms with Crippen LogP contribution < -0.4 is 5.73 Å². The van der Waals surface area contributed by atoms with Gasteiger partial charge in [-0.3, -0.25) is 23.7 Å². The van der Waals surface area contributed by atoms with E-state index in [2.05, 4.69) is 15.0 Å². The molecule has 33 heavy (non-hydrogen) atoms. The summed E-state index contributed by atoms with van der Waals surface area (Å²) in [4.78, 5) is 32.7. The molecule has 2 saturated heterocycles. The second kappa shape index (κ2) is 8.29. The largest absolute Gasteiger partial charge is 0.472 e. The van der Waals surface area contributed by atoms with Gasteiger partial charge in [0.05, 0.1) is 11.5 Å². The predicted octanol–water partition coefficient (Wildman–Crippen LogP) is 1.38. The van der Waals surface area contributed by atoms with Crippen molar-refractivity contribution in [3.63, 3.8) is 0 Å². The highest BCUT2D eigenvalue weighted by molar-refractivity contribution is 7.98. The number of nitrogens with two attached hydrogens (primary N) is 1. The number of nitrogen functional groups attached to an aromatic ring is 1. The number of aromatic nitrogens is 4. The standard InChI is InChI=1S/C17H17N6O8PS/c18-14-11-15(20-7-19-14)22(16-12(24)13-10(30-16)5-29-32(27,28)31-13)17(21-11)33-6-8-1-3-9(4-2-8)23(25)26/h1-4,7,10,12-13,16,24H,5-6H2,(H,27,28)(H2,18,19,20). The molecule has 2 aromatic heterocycles. The fourth-order valence-corrected chi connectivity index (χ4v) is 5.59. The Morgan fingerprint density at radius 1 is 1.33 bits per heavy atom. The maximum atomic E-state index is 11.8. The highest BCUT2D eigenvalue weighted by Gasteiger charge is 2.53. The van der Waals surface area contributed by atoms with Gasteiger partial charge in [0, 0.05) is 17.9 Å². The predicted molar refractivity (Wildman–Crippen MR) is 113 cm³/mol. The minimum absolute atomic E-state index is 0.0208. The number of fused-ring (bicyclic) bond motifs is 2. The van der Waals surface area contributed by atoms with Crippen molar-refractivity contribution in [3.8, 4) is 0 Å². The van der Waals surface area contributed by atoms with Crippen molar-refractivity contribution in [1.82, 2.24) is 19.5 Å². The van der Waals surface area contributed by atoms with Crippen molar-refractivity contribution in [2.75, 3.05) is 12.3 Å². The number of nitrogens with zero attached hydrogens (tertiary/aromatic N) is 5. The van der Waals surface area contributed by atoms with Gasteiger partial charge in [-0.05, 0) is 5.56 Å². The minimum atomic E-state index is -4.29. The Bertz CT molecular complexity index is 1270. The Morgan fingerprint density at radius 3 is 2.82 bits per heavy atom. The molecule has 3 aromatic rings. The lowest BCUT2D eigenvalue weighted by Gasteiger charge is -2.27. The normalized spacial score (nSPS) is 29.3. The first-order chi connectivity index (χ1) is 15.7. The fourth-order valence-electron chi connectivity index (χ4n) is 3.65. The number of anilines is 1. The summed E-state index contributed by atoms with van der Waals surface area (Å²) in [6.45, 7) is -0.235. The highest BCUT2D eigenvalue weighted by Crippen LogP contribution is 2.53. The Hall–Kier alpha value is -2.65. The van der Waals surface area contributed by atoms with Gasteiger partial charge in [0.15, 0.2) is 28.4 Å². The van der Waals surface area contributed by atoms with Crippen molar-refractivity contribution in [2.45, 2.75) is 35.4 Å². The fraction of sp³-hybridized carbons (Fsp3) is 0.353. The van der Waals surface area contributed by atoms with Gasteiger partial charge in [0.2, 0.25) is 0 Å². The molecule has 2 fully saturated rings. The number of phosphoric ester groups is 1. The number of thioether (sulfide) groups is 1. The third kappa shape index (κ3) is 4.08. The molecule has 4 N–H and O–H groups in total. The van der Waals surface area contributed by atoms with Gasteiger partial charge in [0.1, 0.15) is 24.6 Å². The third-order valence-electron chi connectivity index (χ3n) is 5.21. The smallest absolute Gasteiger partial charge is 0.386 e. The van der Waals surface area contributed by atoms with Gasteiger partial charge in [-0.2, -0.15) is 0 Å². The summed E-state index contributed by atoms with van der Waals surface area (Å²) in [5.41, 5.74) is 7.32. The number of nitro benzene ring substituents is 1. The van der Waals surface area contributed by atoms with Crippen LogP contribution in [0.5, 0.6) is 0 Å². The van der Waals surface area contributed by atoms with E-state index < -0.39 is 37.3 Å². The minimum Gasteiger partial charge on any atom is -0.386 e. The number of imidazole rings is 1. The van der Waals surface area contributed by atoms with Crippen LogP contribution in [0, 0.1) is 10.1 Å². The van der Waals surface area contributed by atoms with Crippen LogP contribution in [0.25, 0.3) is 11.2 Å². The number of aliphatic hydroxyl groups excluding tert-OH is 1. The van der Waals surface area contributed by atoms with Gasteiger partial charge in [-0.15, -0.1) is 0 Å². The second-order valence-electron chi connectivity index (χ2n) is 7.30. The number of aliphatic hydroxyl groups is 1. The zero-order valence-electron chi connectivity index (χ0n) is 16.6. The van der Waals surface area contributed by atoms with Crippen LogP contribution in [0.3, 0.4) is 0 Å². The van der Waals surface area contributed by atoms with E-state index in [1.54, 1.807) is 12.1 Å². The molecule has 174 valence electrons. The number of phosphoric acid groups is 1. The zero-order valence-corrected chi connectivity index (χ0v) is 18.3. The van der Waals surface area contributed by atoms with E-state index in [9.17, 15) is 24.7 Å². The quantitative estimate of drug-likeness (QED) is 0.198. The second-order valence-corrected chi connectivity index (χ2v) is 9.65. The van der Waals surface area contributed by atoms with Gasteiger partial charge in [0.25, 0.3) is 5.69 Å². The average Bonchev–Trinajstić information content (AvgIpc) is 3.30. The zero-order chi connectivity index (χ0) is 23.3. The summed E-state index contributed by atoms with van der Waals surface area (Å²) in [6, 6.07) is 6.07. The molecular formula is C17H17N6O8PS.